The quantitative estimate of drug-likeness (QED) is 0.600. The van der Waals surface area contributed by atoms with E-state index in [1.54, 1.807) is 0 Å². The van der Waals surface area contributed by atoms with Crippen LogP contribution >= 0.6 is 11.3 Å². The zero-order valence-corrected chi connectivity index (χ0v) is 6.82. The summed E-state index contributed by atoms with van der Waals surface area (Å²) in [6, 6.07) is 1.87. The first-order valence-corrected chi connectivity index (χ1v) is 4.12. The van der Waals surface area contributed by atoms with Gasteiger partial charge in [-0.05, 0) is 6.07 Å². The van der Waals surface area contributed by atoms with Gasteiger partial charge < -0.3 is 10.8 Å². The first-order valence-electron chi connectivity index (χ1n) is 3.24. The van der Waals surface area contributed by atoms with E-state index in [2.05, 4.69) is 11.8 Å². The SMILES string of the molecule is NCC#Cc1csc(CO)c1. The summed E-state index contributed by atoms with van der Waals surface area (Å²) >= 11 is 1.51. The predicted molar refractivity (Wildman–Crippen MR) is 46.2 cm³/mol. The van der Waals surface area contributed by atoms with Crippen molar-refractivity contribution in [3.8, 4) is 11.8 Å². The lowest BCUT2D eigenvalue weighted by Crippen LogP contribution is -1.92. The van der Waals surface area contributed by atoms with Crippen molar-refractivity contribution in [2.24, 2.45) is 5.73 Å². The third kappa shape index (κ3) is 2.35. The van der Waals surface area contributed by atoms with Crippen LogP contribution in [-0.2, 0) is 6.61 Å². The Labute approximate surface area is 69.7 Å². The molecule has 0 unspecified atom stereocenters. The molecule has 0 saturated heterocycles. The average Bonchev–Trinajstić information content (AvgIpc) is 2.48. The molecule has 0 spiro atoms. The molecule has 0 aliphatic rings. The molecule has 1 rings (SSSR count). The maximum absolute atomic E-state index is 8.71. The molecule has 1 aromatic rings. The summed E-state index contributed by atoms with van der Waals surface area (Å²) in [4.78, 5) is 0.936. The smallest absolute Gasteiger partial charge is 0.0774 e. The van der Waals surface area contributed by atoms with E-state index in [9.17, 15) is 0 Å². The van der Waals surface area contributed by atoms with Crippen LogP contribution in [0.5, 0.6) is 0 Å². The second-order valence-electron chi connectivity index (χ2n) is 1.97. The van der Waals surface area contributed by atoms with Gasteiger partial charge in [-0.15, -0.1) is 11.3 Å². The highest BCUT2D eigenvalue weighted by Gasteiger charge is 1.93. The highest BCUT2D eigenvalue weighted by atomic mass is 32.1. The fraction of sp³-hybridized carbons (Fsp3) is 0.250. The monoisotopic (exact) mass is 167 g/mol. The summed E-state index contributed by atoms with van der Waals surface area (Å²) in [6.45, 7) is 0.472. The normalized spacial score (nSPS) is 8.91. The topological polar surface area (TPSA) is 46.2 Å². The largest absolute Gasteiger partial charge is 0.391 e. The molecule has 0 radical (unpaired) electrons. The van der Waals surface area contributed by atoms with Crippen LogP contribution in [-0.4, -0.2) is 11.7 Å². The van der Waals surface area contributed by atoms with E-state index in [0.29, 0.717) is 6.54 Å². The van der Waals surface area contributed by atoms with E-state index in [1.807, 2.05) is 11.4 Å². The summed E-state index contributed by atoms with van der Waals surface area (Å²) in [5.74, 6) is 5.63. The van der Waals surface area contributed by atoms with Gasteiger partial charge in [0.1, 0.15) is 0 Å². The predicted octanol–water partition coefficient (Wildman–Crippen LogP) is 0.551. The molecule has 0 fully saturated rings. The second-order valence-corrected chi connectivity index (χ2v) is 2.96. The molecule has 58 valence electrons. The van der Waals surface area contributed by atoms with Crippen molar-refractivity contribution >= 4 is 11.3 Å². The number of rotatable bonds is 1. The summed E-state index contributed by atoms with van der Waals surface area (Å²) < 4.78 is 0. The van der Waals surface area contributed by atoms with Crippen LogP contribution in [0.3, 0.4) is 0 Å². The van der Waals surface area contributed by atoms with Crippen LogP contribution in [0.15, 0.2) is 11.4 Å². The number of nitrogens with two attached hydrogens (primary N) is 1. The Hall–Kier alpha value is -0.820. The highest BCUT2D eigenvalue weighted by molar-refractivity contribution is 7.10. The molecule has 0 aliphatic carbocycles. The Balaban J connectivity index is 2.72. The fourth-order valence-electron chi connectivity index (χ4n) is 0.682. The molecular weight excluding hydrogens is 158 g/mol. The summed E-state index contributed by atoms with van der Waals surface area (Å²) in [7, 11) is 0. The van der Waals surface area contributed by atoms with Crippen LogP contribution in [0.2, 0.25) is 0 Å². The minimum Gasteiger partial charge on any atom is -0.391 e. The molecule has 1 aromatic heterocycles. The first-order chi connectivity index (χ1) is 5.36. The molecule has 3 heteroatoms. The number of aliphatic hydroxyl groups excluding tert-OH is 1. The maximum Gasteiger partial charge on any atom is 0.0774 e. The number of hydrogen-bond donors (Lipinski definition) is 2. The Morgan fingerprint density at radius 2 is 2.45 bits per heavy atom. The lowest BCUT2D eigenvalue weighted by Gasteiger charge is -1.80. The van der Waals surface area contributed by atoms with E-state index in [0.717, 1.165) is 10.4 Å². The van der Waals surface area contributed by atoms with E-state index < -0.39 is 0 Å². The number of aliphatic hydroxyl groups is 1. The van der Waals surface area contributed by atoms with Gasteiger partial charge in [-0.25, -0.2) is 0 Å². The minimum atomic E-state index is 0.0922. The lowest BCUT2D eigenvalue weighted by atomic mass is 10.3. The Bertz CT molecular complexity index is 282. The molecule has 0 saturated carbocycles. The van der Waals surface area contributed by atoms with Gasteiger partial charge in [-0.1, -0.05) is 11.8 Å². The van der Waals surface area contributed by atoms with Gasteiger partial charge in [0.2, 0.25) is 0 Å². The molecule has 1 heterocycles. The van der Waals surface area contributed by atoms with Gasteiger partial charge in [0, 0.05) is 15.8 Å². The first kappa shape index (κ1) is 8.28. The standard InChI is InChI=1S/C8H9NOS/c9-3-1-2-7-4-8(5-10)11-6-7/h4,6,10H,3,5,9H2. The third-order valence-corrected chi connectivity index (χ3v) is 2.07. The van der Waals surface area contributed by atoms with Crippen molar-refractivity contribution in [2.75, 3.05) is 6.54 Å². The molecule has 0 aliphatic heterocycles. The van der Waals surface area contributed by atoms with Gasteiger partial charge in [-0.2, -0.15) is 0 Å². The van der Waals surface area contributed by atoms with Crippen LogP contribution in [0.4, 0.5) is 0 Å². The number of thiophene rings is 1. The molecule has 3 N–H and O–H groups in total. The Kier molecular flexibility index (Phi) is 3.12. The van der Waals surface area contributed by atoms with Crippen molar-refractivity contribution in [1.82, 2.24) is 0 Å². The van der Waals surface area contributed by atoms with Gasteiger partial charge >= 0.3 is 0 Å². The van der Waals surface area contributed by atoms with E-state index in [1.165, 1.54) is 11.3 Å². The van der Waals surface area contributed by atoms with Crippen LogP contribution < -0.4 is 5.73 Å². The van der Waals surface area contributed by atoms with Gasteiger partial charge in [0.15, 0.2) is 0 Å². The summed E-state index contributed by atoms with van der Waals surface area (Å²) in [5, 5.41) is 10.6. The maximum atomic E-state index is 8.71. The van der Waals surface area contributed by atoms with Gasteiger partial charge in [-0.3, -0.25) is 0 Å². The number of hydrogen-bond acceptors (Lipinski definition) is 3. The van der Waals surface area contributed by atoms with E-state index >= 15 is 0 Å². The van der Waals surface area contributed by atoms with Crippen LogP contribution in [0.25, 0.3) is 0 Å². The van der Waals surface area contributed by atoms with Crippen molar-refractivity contribution in [3.05, 3.63) is 21.9 Å². The van der Waals surface area contributed by atoms with Crippen molar-refractivity contribution in [1.29, 1.82) is 0 Å². The van der Waals surface area contributed by atoms with E-state index in [4.69, 9.17) is 10.8 Å². The van der Waals surface area contributed by atoms with Gasteiger partial charge in [0.05, 0.1) is 13.2 Å². The summed E-state index contributed by atoms with van der Waals surface area (Å²) in [6.07, 6.45) is 0. The highest BCUT2D eigenvalue weighted by Crippen LogP contribution is 2.12. The summed E-state index contributed by atoms with van der Waals surface area (Å²) in [5.41, 5.74) is 6.13. The minimum absolute atomic E-state index is 0.0922. The second kappa shape index (κ2) is 4.14. The Morgan fingerprint density at radius 3 is 3.00 bits per heavy atom. The van der Waals surface area contributed by atoms with Gasteiger partial charge in [0.25, 0.3) is 0 Å². The van der Waals surface area contributed by atoms with E-state index in [-0.39, 0.29) is 6.61 Å². The van der Waals surface area contributed by atoms with Crippen LogP contribution in [0.1, 0.15) is 10.4 Å². The van der Waals surface area contributed by atoms with Crippen molar-refractivity contribution < 1.29 is 5.11 Å². The zero-order valence-electron chi connectivity index (χ0n) is 6.00. The molecule has 11 heavy (non-hydrogen) atoms. The molecule has 2 nitrogen and oxygen atoms in total. The molecule has 0 bridgehead atoms. The average molecular weight is 167 g/mol. The van der Waals surface area contributed by atoms with Crippen molar-refractivity contribution in [2.45, 2.75) is 6.61 Å². The molecular formula is C8H9NOS. The van der Waals surface area contributed by atoms with Crippen LogP contribution in [0, 0.1) is 11.8 Å². The molecule has 0 amide bonds. The Morgan fingerprint density at radius 1 is 1.64 bits per heavy atom. The zero-order chi connectivity index (χ0) is 8.10. The molecule has 0 aromatic carbocycles. The lowest BCUT2D eigenvalue weighted by molar-refractivity contribution is 0.285. The molecule has 0 atom stereocenters. The van der Waals surface area contributed by atoms with Crippen molar-refractivity contribution in [3.63, 3.8) is 0 Å². The third-order valence-electron chi connectivity index (χ3n) is 1.14. The fourth-order valence-corrected chi connectivity index (χ4v) is 1.36.